The Kier molecular flexibility index (Phi) is 3.01. The van der Waals surface area contributed by atoms with Crippen molar-refractivity contribution in [2.45, 2.75) is 26.1 Å². The molecule has 0 aliphatic carbocycles. The van der Waals surface area contributed by atoms with Crippen LogP contribution < -0.4 is 0 Å². The zero-order valence-electron chi connectivity index (χ0n) is 7.55. The van der Waals surface area contributed by atoms with E-state index in [9.17, 15) is 0 Å². The van der Waals surface area contributed by atoms with Gasteiger partial charge >= 0.3 is 0 Å². The average molecular weight is 241 g/mol. The summed E-state index contributed by atoms with van der Waals surface area (Å²) in [5.41, 5.74) is 4.18. The van der Waals surface area contributed by atoms with Crippen LogP contribution in [0.25, 0.3) is 0 Å². The second kappa shape index (κ2) is 4.25. The second-order valence-electron chi connectivity index (χ2n) is 3.39. The predicted molar refractivity (Wildman–Crippen MR) is 57.1 cm³/mol. The van der Waals surface area contributed by atoms with Crippen LogP contribution in [0.1, 0.15) is 23.1 Å². The van der Waals surface area contributed by atoms with E-state index in [0.29, 0.717) is 0 Å². The maximum Gasteiger partial charge on any atom is 0.0725 e. The number of alkyl halides is 1. The molecule has 0 saturated carbocycles. The van der Waals surface area contributed by atoms with Crippen LogP contribution in [0.2, 0.25) is 0 Å². The van der Waals surface area contributed by atoms with E-state index in [1.54, 1.807) is 0 Å². The normalized spacial score (nSPS) is 14.5. The van der Waals surface area contributed by atoms with Gasteiger partial charge in [0.1, 0.15) is 0 Å². The fourth-order valence-corrected chi connectivity index (χ4v) is 1.93. The Hall–Kier alpha value is -0.340. The van der Waals surface area contributed by atoms with Crippen LogP contribution in [0.3, 0.4) is 0 Å². The van der Waals surface area contributed by atoms with Crippen molar-refractivity contribution in [1.82, 2.24) is 0 Å². The molecule has 0 radical (unpaired) electrons. The van der Waals surface area contributed by atoms with E-state index in [1.165, 1.54) is 29.5 Å². The van der Waals surface area contributed by atoms with Crippen LogP contribution in [0.4, 0.5) is 0 Å². The lowest BCUT2D eigenvalue weighted by molar-refractivity contribution is 0.134. The summed E-state index contributed by atoms with van der Waals surface area (Å²) in [5, 5.41) is 1.08. The summed E-state index contributed by atoms with van der Waals surface area (Å²) in [6.45, 7) is 1.60. The molecule has 0 unspecified atom stereocenters. The first-order valence-corrected chi connectivity index (χ1v) is 5.76. The molecule has 0 saturated heterocycles. The molecule has 0 aromatic heterocycles. The minimum Gasteiger partial charge on any atom is -0.372 e. The van der Waals surface area contributed by atoms with Gasteiger partial charge in [0, 0.05) is 5.33 Å². The molecule has 2 heteroatoms. The van der Waals surface area contributed by atoms with E-state index in [1.807, 2.05) is 0 Å². The summed E-state index contributed by atoms with van der Waals surface area (Å²) in [5.74, 6) is 0. The SMILES string of the molecule is BrCCCc1ccc2c(c1)COC2. The first-order chi connectivity index (χ1) is 6.40. The zero-order valence-corrected chi connectivity index (χ0v) is 9.14. The number of benzene rings is 1. The molecular weight excluding hydrogens is 228 g/mol. The maximum atomic E-state index is 5.37. The number of hydrogen-bond donors (Lipinski definition) is 0. The van der Waals surface area contributed by atoms with Crippen molar-refractivity contribution in [3.63, 3.8) is 0 Å². The van der Waals surface area contributed by atoms with Gasteiger partial charge in [0.25, 0.3) is 0 Å². The van der Waals surface area contributed by atoms with E-state index >= 15 is 0 Å². The fourth-order valence-electron chi connectivity index (χ4n) is 1.65. The van der Waals surface area contributed by atoms with Crippen molar-refractivity contribution >= 4 is 15.9 Å². The minimum atomic E-state index is 0.800. The minimum absolute atomic E-state index is 0.800. The third-order valence-electron chi connectivity index (χ3n) is 2.38. The summed E-state index contributed by atoms with van der Waals surface area (Å²) in [6.07, 6.45) is 2.37. The van der Waals surface area contributed by atoms with Gasteiger partial charge in [-0.05, 0) is 29.5 Å². The van der Waals surface area contributed by atoms with E-state index in [2.05, 4.69) is 34.1 Å². The van der Waals surface area contributed by atoms with E-state index in [4.69, 9.17) is 4.74 Å². The lowest BCUT2D eigenvalue weighted by atomic mass is 10.0. The third-order valence-corrected chi connectivity index (χ3v) is 2.95. The van der Waals surface area contributed by atoms with Crippen LogP contribution in [0.5, 0.6) is 0 Å². The molecule has 0 bridgehead atoms. The molecule has 1 aromatic rings. The lowest BCUT2D eigenvalue weighted by Gasteiger charge is -2.02. The van der Waals surface area contributed by atoms with Gasteiger partial charge in [-0.3, -0.25) is 0 Å². The van der Waals surface area contributed by atoms with Gasteiger partial charge in [0.05, 0.1) is 13.2 Å². The number of aryl methyl sites for hydroxylation is 1. The topological polar surface area (TPSA) is 9.23 Å². The van der Waals surface area contributed by atoms with E-state index < -0.39 is 0 Å². The van der Waals surface area contributed by atoms with Gasteiger partial charge in [-0.1, -0.05) is 34.1 Å². The number of halogens is 1. The highest BCUT2D eigenvalue weighted by molar-refractivity contribution is 9.09. The van der Waals surface area contributed by atoms with Gasteiger partial charge in [-0.15, -0.1) is 0 Å². The van der Waals surface area contributed by atoms with Crippen LogP contribution in [-0.4, -0.2) is 5.33 Å². The summed E-state index contributed by atoms with van der Waals surface area (Å²) < 4.78 is 5.37. The Bertz CT molecular complexity index is 296. The molecule has 0 atom stereocenters. The summed E-state index contributed by atoms with van der Waals surface area (Å²) in [4.78, 5) is 0. The van der Waals surface area contributed by atoms with Crippen molar-refractivity contribution in [2.24, 2.45) is 0 Å². The number of fused-ring (bicyclic) bond motifs is 1. The number of rotatable bonds is 3. The Labute approximate surface area is 87.2 Å². The first-order valence-electron chi connectivity index (χ1n) is 4.64. The van der Waals surface area contributed by atoms with Crippen molar-refractivity contribution < 1.29 is 4.74 Å². The van der Waals surface area contributed by atoms with Gasteiger partial charge < -0.3 is 4.74 Å². The number of ether oxygens (including phenoxy) is 1. The summed E-state index contributed by atoms with van der Waals surface area (Å²) in [7, 11) is 0. The third kappa shape index (κ3) is 2.12. The van der Waals surface area contributed by atoms with E-state index in [-0.39, 0.29) is 0 Å². The molecule has 13 heavy (non-hydrogen) atoms. The summed E-state index contributed by atoms with van der Waals surface area (Å²) >= 11 is 3.44. The Balaban J connectivity index is 2.12. The van der Waals surface area contributed by atoms with Crippen LogP contribution in [0.15, 0.2) is 18.2 Å². The molecule has 1 aromatic carbocycles. The van der Waals surface area contributed by atoms with Gasteiger partial charge in [0.2, 0.25) is 0 Å². The quantitative estimate of drug-likeness (QED) is 0.739. The van der Waals surface area contributed by atoms with E-state index in [0.717, 1.165) is 18.5 Å². The standard InChI is InChI=1S/C11H13BrO/c12-5-1-2-9-3-4-10-7-13-8-11(10)6-9/h3-4,6H,1-2,5,7-8H2. The number of hydrogen-bond acceptors (Lipinski definition) is 1. The van der Waals surface area contributed by atoms with Crippen molar-refractivity contribution in [3.8, 4) is 0 Å². The van der Waals surface area contributed by atoms with Crippen molar-refractivity contribution in [1.29, 1.82) is 0 Å². The highest BCUT2D eigenvalue weighted by Gasteiger charge is 2.10. The average Bonchev–Trinajstić information content (AvgIpc) is 2.61. The summed E-state index contributed by atoms with van der Waals surface area (Å²) in [6, 6.07) is 6.70. The molecule has 1 aliphatic rings. The largest absolute Gasteiger partial charge is 0.372 e. The second-order valence-corrected chi connectivity index (χ2v) is 4.18. The highest BCUT2D eigenvalue weighted by atomic mass is 79.9. The molecular formula is C11H13BrO. The lowest BCUT2D eigenvalue weighted by Crippen LogP contribution is -1.89. The van der Waals surface area contributed by atoms with Crippen molar-refractivity contribution in [3.05, 3.63) is 34.9 Å². The Morgan fingerprint density at radius 2 is 2.08 bits per heavy atom. The fraction of sp³-hybridized carbons (Fsp3) is 0.455. The first kappa shape index (κ1) is 9.22. The molecule has 1 aliphatic heterocycles. The van der Waals surface area contributed by atoms with Gasteiger partial charge in [0.15, 0.2) is 0 Å². The molecule has 0 fully saturated rings. The molecule has 2 rings (SSSR count). The molecule has 1 nitrogen and oxygen atoms in total. The molecule has 1 heterocycles. The zero-order chi connectivity index (χ0) is 9.10. The maximum absolute atomic E-state index is 5.37. The Morgan fingerprint density at radius 1 is 1.23 bits per heavy atom. The smallest absolute Gasteiger partial charge is 0.0725 e. The highest BCUT2D eigenvalue weighted by Crippen LogP contribution is 2.21. The molecule has 0 N–H and O–H groups in total. The van der Waals surface area contributed by atoms with Gasteiger partial charge in [-0.2, -0.15) is 0 Å². The van der Waals surface area contributed by atoms with Crippen molar-refractivity contribution in [2.75, 3.05) is 5.33 Å². The van der Waals surface area contributed by atoms with Crippen LogP contribution >= 0.6 is 15.9 Å². The van der Waals surface area contributed by atoms with Gasteiger partial charge in [-0.25, -0.2) is 0 Å². The monoisotopic (exact) mass is 240 g/mol. The predicted octanol–water partition coefficient (Wildman–Crippen LogP) is 3.04. The van der Waals surface area contributed by atoms with Crippen LogP contribution in [-0.2, 0) is 24.4 Å². The molecule has 0 amide bonds. The molecule has 70 valence electrons. The van der Waals surface area contributed by atoms with Crippen LogP contribution in [0, 0.1) is 0 Å². The molecule has 0 spiro atoms. The Morgan fingerprint density at radius 3 is 2.92 bits per heavy atom.